The first-order valence-corrected chi connectivity index (χ1v) is 6.79. The quantitative estimate of drug-likeness (QED) is 0.725. The van der Waals surface area contributed by atoms with Crippen molar-refractivity contribution < 1.29 is 9.53 Å². The molecule has 0 fully saturated rings. The molecule has 2 rings (SSSR count). The minimum atomic E-state index is 0.0725. The molecule has 4 nitrogen and oxygen atoms in total. The number of carbonyl (C=O) groups is 1. The molecule has 2 heterocycles. The van der Waals surface area contributed by atoms with Crippen LogP contribution < -0.4 is 4.74 Å². The van der Waals surface area contributed by atoms with E-state index in [1.807, 2.05) is 19.1 Å². The van der Waals surface area contributed by atoms with E-state index < -0.39 is 0 Å². The molecule has 0 unspecified atom stereocenters. The fourth-order valence-electron chi connectivity index (χ4n) is 1.82. The highest BCUT2D eigenvalue weighted by Crippen LogP contribution is 2.14. The number of carbonyl (C=O) groups excluding carboxylic acids is 1. The maximum absolute atomic E-state index is 12.1. The highest BCUT2D eigenvalue weighted by molar-refractivity contribution is 5.96. The Balaban J connectivity index is 1.95. The minimum absolute atomic E-state index is 0.0725. The third-order valence-corrected chi connectivity index (χ3v) is 2.87. The number of ether oxygens (including phenoxy) is 1. The molecule has 0 spiro atoms. The summed E-state index contributed by atoms with van der Waals surface area (Å²) in [5, 5.41) is 0. The van der Waals surface area contributed by atoms with Crippen molar-refractivity contribution in [3.8, 4) is 5.75 Å². The molecule has 20 heavy (non-hydrogen) atoms. The number of pyridine rings is 2. The van der Waals surface area contributed by atoms with Crippen LogP contribution in [0.3, 0.4) is 0 Å². The standard InChI is InChI=1S/C16H18N2O2/c1-2-8-20-15-9-14(11-18-12-15)16(19)6-5-13-4-3-7-17-10-13/h3-4,7,9-12H,2,5-6,8H2,1H3. The summed E-state index contributed by atoms with van der Waals surface area (Å²) >= 11 is 0. The Kier molecular flexibility index (Phi) is 5.24. The number of aromatic nitrogens is 2. The first-order chi connectivity index (χ1) is 9.79. The summed E-state index contributed by atoms with van der Waals surface area (Å²) in [7, 11) is 0. The van der Waals surface area contributed by atoms with Gasteiger partial charge < -0.3 is 4.74 Å². The zero-order valence-corrected chi connectivity index (χ0v) is 11.6. The lowest BCUT2D eigenvalue weighted by Gasteiger charge is -2.06. The topological polar surface area (TPSA) is 52.1 Å². The van der Waals surface area contributed by atoms with Crippen LogP contribution in [0.5, 0.6) is 5.75 Å². The van der Waals surface area contributed by atoms with Crippen LogP contribution >= 0.6 is 0 Å². The van der Waals surface area contributed by atoms with E-state index in [0.29, 0.717) is 30.8 Å². The van der Waals surface area contributed by atoms with E-state index in [0.717, 1.165) is 12.0 Å². The monoisotopic (exact) mass is 270 g/mol. The van der Waals surface area contributed by atoms with Gasteiger partial charge in [-0.2, -0.15) is 0 Å². The molecule has 0 bridgehead atoms. The molecular weight excluding hydrogens is 252 g/mol. The van der Waals surface area contributed by atoms with Gasteiger partial charge in [0.15, 0.2) is 5.78 Å². The Morgan fingerprint density at radius 1 is 1.25 bits per heavy atom. The Bertz CT molecular complexity index is 555. The normalized spacial score (nSPS) is 10.2. The van der Waals surface area contributed by atoms with Crippen LogP contribution in [-0.2, 0) is 6.42 Å². The van der Waals surface area contributed by atoms with Crippen molar-refractivity contribution in [2.75, 3.05) is 6.61 Å². The Labute approximate surface area is 118 Å². The molecule has 0 aromatic carbocycles. The maximum atomic E-state index is 12.1. The summed E-state index contributed by atoms with van der Waals surface area (Å²) in [6.45, 7) is 2.67. The fourth-order valence-corrected chi connectivity index (χ4v) is 1.82. The molecule has 4 heteroatoms. The number of rotatable bonds is 7. The highest BCUT2D eigenvalue weighted by atomic mass is 16.5. The Morgan fingerprint density at radius 3 is 2.90 bits per heavy atom. The lowest BCUT2D eigenvalue weighted by molar-refractivity contribution is 0.0982. The van der Waals surface area contributed by atoms with Gasteiger partial charge in [0, 0.05) is 30.6 Å². The van der Waals surface area contributed by atoms with Gasteiger partial charge in [-0.1, -0.05) is 13.0 Å². The van der Waals surface area contributed by atoms with Gasteiger partial charge in [0.1, 0.15) is 5.75 Å². The molecule has 2 aromatic rings. The summed E-state index contributed by atoms with van der Waals surface area (Å²) in [5.41, 5.74) is 1.66. The Hall–Kier alpha value is -2.23. The van der Waals surface area contributed by atoms with Crippen molar-refractivity contribution in [3.05, 3.63) is 54.1 Å². The number of nitrogens with zero attached hydrogens (tertiary/aromatic N) is 2. The second-order valence-corrected chi connectivity index (χ2v) is 4.54. The highest BCUT2D eigenvalue weighted by Gasteiger charge is 2.08. The van der Waals surface area contributed by atoms with Crippen LogP contribution in [0.4, 0.5) is 0 Å². The smallest absolute Gasteiger partial charge is 0.164 e. The van der Waals surface area contributed by atoms with Crippen molar-refractivity contribution in [2.45, 2.75) is 26.2 Å². The second-order valence-electron chi connectivity index (χ2n) is 4.54. The summed E-state index contributed by atoms with van der Waals surface area (Å²) in [6.07, 6.45) is 8.80. The minimum Gasteiger partial charge on any atom is -0.492 e. The van der Waals surface area contributed by atoms with Gasteiger partial charge in [0.2, 0.25) is 0 Å². The van der Waals surface area contributed by atoms with Gasteiger partial charge in [-0.25, -0.2) is 0 Å². The predicted molar refractivity (Wildman–Crippen MR) is 76.9 cm³/mol. The van der Waals surface area contributed by atoms with E-state index in [2.05, 4.69) is 9.97 Å². The number of hydrogen-bond acceptors (Lipinski definition) is 4. The molecule has 0 amide bonds. The van der Waals surface area contributed by atoms with Crippen molar-refractivity contribution >= 4 is 5.78 Å². The maximum Gasteiger partial charge on any atom is 0.164 e. The van der Waals surface area contributed by atoms with Crippen LogP contribution in [0.15, 0.2) is 43.0 Å². The third-order valence-electron chi connectivity index (χ3n) is 2.87. The van der Waals surface area contributed by atoms with Gasteiger partial charge >= 0.3 is 0 Å². The third kappa shape index (κ3) is 4.16. The molecule has 0 saturated heterocycles. The zero-order chi connectivity index (χ0) is 14.2. The predicted octanol–water partition coefficient (Wildman–Crippen LogP) is 3.08. The van der Waals surface area contributed by atoms with Gasteiger partial charge in [-0.05, 0) is 30.5 Å². The van der Waals surface area contributed by atoms with Crippen LogP contribution in [-0.4, -0.2) is 22.4 Å². The molecule has 0 N–H and O–H groups in total. The SMILES string of the molecule is CCCOc1cncc(C(=O)CCc2cccnc2)c1. The van der Waals surface area contributed by atoms with Crippen molar-refractivity contribution in [1.29, 1.82) is 0 Å². The molecule has 0 saturated carbocycles. The van der Waals surface area contributed by atoms with Gasteiger partial charge in [-0.15, -0.1) is 0 Å². The van der Waals surface area contributed by atoms with Crippen LogP contribution in [0.1, 0.15) is 35.7 Å². The van der Waals surface area contributed by atoms with Crippen LogP contribution in [0.2, 0.25) is 0 Å². The molecular formula is C16H18N2O2. The van der Waals surface area contributed by atoms with E-state index in [4.69, 9.17) is 4.74 Å². The van der Waals surface area contributed by atoms with E-state index in [9.17, 15) is 4.79 Å². The molecule has 2 aromatic heterocycles. The molecule has 0 aliphatic carbocycles. The average Bonchev–Trinajstić information content (AvgIpc) is 2.52. The molecule has 0 aliphatic rings. The molecule has 104 valence electrons. The molecule has 0 radical (unpaired) electrons. The molecule has 0 atom stereocenters. The number of Topliss-reactive ketones (excluding diaryl/α,β-unsaturated/α-hetero) is 1. The van der Waals surface area contributed by atoms with E-state index in [1.54, 1.807) is 30.9 Å². The van der Waals surface area contributed by atoms with E-state index >= 15 is 0 Å². The first kappa shape index (κ1) is 14.2. The van der Waals surface area contributed by atoms with Gasteiger partial charge in [0.25, 0.3) is 0 Å². The summed E-state index contributed by atoms with van der Waals surface area (Å²) in [4.78, 5) is 20.2. The average molecular weight is 270 g/mol. The van der Waals surface area contributed by atoms with Crippen LogP contribution in [0.25, 0.3) is 0 Å². The Morgan fingerprint density at radius 2 is 2.15 bits per heavy atom. The second kappa shape index (κ2) is 7.38. The number of aryl methyl sites for hydroxylation is 1. The number of ketones is 1. The zero-order valence-electron chi connectivity index (χ0n) is 11.6. The lowest BCUT2D eigenvalue weighted by atomic mass is 10.1. The first-order valence-electron chi connectivity index (χ1n) is 6.79. The van der Waals surface area contributed by atoms with Gasteiger partial charge in [0.05, 0.1) is 12.8 Å². The summed E-state index contributed by atoms with van der Waals surface area (Å²) in [5.74, 6) is 0.724. The molecule has 0 aliphatic heterocycles. The number of hydrogen-bond donors (Lipinski definition) is 0. The largest absolute Gasteiger partial charge is 0.492 e. The lowest BCUT2D eigenvalue weighted by Crippen LogP contribution is -2.03. The van der Waals surface area contributed by atoms with Crippen molar-refractivity contribution in [2.24, 2.45) is 0 Å². The van der Waals surface area contributed by atoms with E-state index in [1.165, 1.54) is 0 Å². The van der Waals surface area contributed by atoms with Crippen molar-refractivity contribution in [1.82, 2.24) is 9.97 Å². The van der Waals surface area contributed by atoms with Gasteiger partial charge in [-0.3, -0.25) is 14.8 Å². The van der Waals surface area contributed by atoms with E-state index in [-0.39, 0.29) is 5.78 Å². The fraction of sp³-hybridized carbons (Fsp3) is 0.312. The summed E-state index contributed by atoms with van der Waals surface area (Å²) in [6, 6.07) is 5.61. The van der Waals surface area contributed by atoms with Crippen molar-refractivity contribution in [3.63, 3.8) is 0 Å². The van der Waals surface area contributed by atoms with Crippen LogP contribution in [0, 0.1) is 0 Å². The summed E-state index contributed by atoms with van der Waals surface area (Å²) < 4.78 is 5.48.